The highest BCUT2D eigenvalue weighted by molar-refractivity contribution is 5.90. The SMILES string of the molecule is C=C(C(=O)OCC)C(O)C=C(C)C(=O)O. The van der Waals surface area contributed by atoms with Crippen LogP contribution in [0.5, 0.6) is 0 Å². The summed E-state index contributed by atoms with van der Waals surface area (Å²) >= 11 is 0. The molecular formula is C10H14O5. The number of esters is 1. The van der Waals surface area contributed by atoms with Crippen molar-refractivity contribution in [3.05, 3.63) is 23.8 Å². The van der Waals surface area contributed by atoms with Gasteiger partial charge in [-0.25, -0.2) is 9.59 Å². The number of hydrogen-bond donors (Lipinski definition) is 2. The first-order valence-electron chi connectivity index (χ1n) is 4.35. The van der Waals surface area contributed by atoms with E-state index >= 15 is 0 Å². The molecule has 1 atom stereocenters. The van der Waals surface area contributed by atoms with E-state index in [1.54, 1.807) is 6.92 Å². The van der Waals surface area contributed by atoms with Crippen LogP contribution in [0.25, 0.3) is 0 Å². The molecule has 0 rings (SSSR count). The summed E-state index contributed by atoms with van der Waals surface area (Å²) in [7, 11) is 0. The van der Waals surface area contributed by atoms with Crippen LogP contribution in [0.15, 0.2) is 23.8 Å². The fourth-order valence-electron chi connectivity index (χ4n) is 0.753. The van der Waals surface area contributed by atoms with Crippen molar-refractivity contribution in [2.45, 2.75) is 20.0 Å². The zero-order valence-electron chi connectivity index (χ0n) is 8.69. The van der Waals surface area contributed by atoms with Gasteiger partial charge in [0.25, 0.3) is 0 Å². The minimum Gasteiger partial charge on any atom is -0.478 e. The van der Waals surface area contributed by atoms with Crippen molar-refractivity contribution in [3.8, 4) is 0 Å². The number of aliphatic hydroxyl groups is 1. The Balaban J connectivity index is 4.52. The molecule has 0 amide bonds. The normalized spacial score (nSPS) is 13.1. The number of carbonyl (C=O) groups excluding carboxylic acids is 1. The third-order valence-corrected chi connectivity index (χ3v) is 1.64. The lowest BCUT2D eigenvalue weighted by Crippen LogP contribution is -2.18. The fraction of sp³-hybridized carbons (Fsp3) is 0.400. The summed E-state index contributed by atoms with van der Waals surface area (Å²) < 4.78 is 4.59. The summed E-state index contributed by atoms with van der Waals surface area (Å²) in [6.45, 7) is 6.43. The predicted octanol–water partition coefficient (Wildman–Crippen LogP) is 0.498. The van der Waals surface area contributed by atoms with Crippen LogP contribution >= 0.6 is 0 Å². The minimum absolute atomic E-state index is 0.0621. The summed E-state index contributed by atoms with van der Waals surface area (Å²) in [6.07, 6.45) is -0.304. The highest BCUT2D eigenvalue weighted by Crippen LogP contribution is 2.07. The maximum atomic E-state index is 11.1. The predicted molar refractivity (Wildman–Crippen MR) is 53.2 cm³/mol. The number of ether oxygens (including phenoxy) is 1. The average molecular weight is 214 g/mol. The van der Waals surface area contributed by atoms with Gasteiger partial charge in [0.05, 0.1) is 12.2 Å². The summed E-state index contributed by atoms with van der Waals surface area (Å²) in [5.41, 5.74) is -0.245. The quantitative estimate of drug-likeness (QED) is 0.514. The van der Waals surface area contributed by atoms with Gasteiger partial charge in [-0.15, -0.1) is 0 Å². The lowest BCUT2D eigenvalue weighted by molar-refractivity contribution is -0.139. The smallest absolute Gasteiger partial charge is 0.336 e. The second-order valence-electron chi connectivity index (χ2n) is 2.85. The molecule has 2 N–H and O–H groups in total. The maximum Gasteiger partial charge on any atom is 0.336 e. The van der Waals surface area contributed by atoms with Crippen molar-refractivity contribution in [2.24, 2.45) is 0 Å². The van der Waals surface area contributed by atoms with E-state index in [9.17, 15) is 14.7 Å². The monoisotopic (exact) mass is 214 g/mol. The van der Waals surface area contributed by atoms with Crippen molar-refractivity contribution in [3.63, 3.8) is 0 Å². The van der Waals surface area contributed by atoms with Gasteiger partial charge in [-0.2, -0.15) is 0 Å². The van der Waals surface area contributed by atoms with Crippen molar-refractivity contribution in [2.75, 3.05) is 6.61 Å². The van der Waals surface area contributed by atoms with E-state index in [4.69, 9.17) is 5.11 Å². The largest absolute Gasteiger partial charge is 0.478 e. The van der Waals surface area contributed by atoms with E-state index in [0.717, 1.165) is 6.08 Å². The number of hydrogen-bond acceptors (Lipinski definition) is 4. The van der Waals surface area contributed by atoms with Crippen LogP contribution in [0.1, 0.15) is 13.8 Å². The third-order valence-electron chi connectivity index (χ3n) is 1.64. The Labute approximate surface area is 87.7 Å². The molecule has 0 saturated carbocycles. The Morgan fingerprint density at radius 1 is 1.53 bits per heavy atom. The summed E-state index contributed by atoms with van der Waals surface area (Å²) in [6, 6.07) is 0. The number of carbonyl (C=O) groups is 2. The second-order valence-corrected chi connectivity index (χ2v) is 2.85. The minimum atomic E-state index is -1.33. The summed E-state index contributed by atoms with van der Waals surface area (Å²) in [4.78, 5) is 21.5. The number of rotatable bonds is 5. The molecule has 84 valence electrons. The number of aliphatic hydroxyl groups excluding tert-OH is 1. The van der Waals surface area contributed by atoms with E-state index in [1.165, 1.54) is 6.92 Å². The summed E-state index contributed by atoms with van der Waals surface area (Å²) in [5.74, 6) is -1.90. The zero-order chi connectivity index (χ0) is 12.0. The third kappa shape index (κ3) is 4.42. The van der Waals surface area contributed by atoms with E-state index in [-0.39, 0.29) is 17.8 Å². The Morgan fingerprint density at radius 3 is 2.47 bits per heavy atom. The van der Waals surface area contributed by atoms with Crippen LogP contribution < -0.4 is 0 Å². The van der Waals surface area contributed by atoms with Crippen molar-refractivity contribution in [1.29, 1.82) is 0 Å². The highest BCUT2D eigenvalue weighted by Gasteiger charge is 2.16. The van der Waals surface area contributed by atoms with Crippen molar-refractivity contribution < 1.29 is 24.5 Å². The van der Waals surface area contributed by atoms with Crippen LogP contribution in [-0.2, 0) is 14.3 Å². The van der Waals surface area contributed by atoms with Gasteiger partial charge < -0.3 is 14.9 Å². The first kappa shape index (κ1) is 13.4. The first-order valence-corrected chi connectivity index (χ1v) is 4.35. The molecule has 5 heteroatoms. The van der Waals surface area contributed by atoms with Gasteiger partial charge in [-0.3, -0.25) is 0 Å². The molecule has 0 fully saturated rings. The number of aliphatic carboxylic acids is 1. The molecule has 0 aliphatic rings. The topological polar surface area (TPSA) is 83.8 Å². The number of carboxylic acids is 1. The van der Waals surface area contributed by atoms with Gasteiger partial charge in [0.15, 0.2) is 0 Å². The van der Waals surface area contributed by atoms with Crippen LogP contribution in [0.4, 0.5) is 0 Å². The van der Waals surface area contributed by atoms with E-state index in [1.807, 2.05) is 0 Å². The lowest BCUT2D eigenvalue weighted by atomic mass is 10.1. The number of carboxylic acid groups (broad SMARTS) is 1. The molecule has 0 radical (unpaired) electrons. The van der Waals surface area contributed by atoms with Gasteiger partial charge in [-0.1, -0.05) is 6.58 Å². The molecule has 0 aliphatic heterocycles. The maximum absolute atomic E-state index is 11.1. The zero-order valence-corrected chi connectivity index (χ0v) is 8.69. The standard InChI is InChI=1S/C10H14O5/c1-4-15-10(14)7(3)8(11)5-6(2)9(12)13/h5,8,11H,3-4H2,1-2H3,(H,12,13). The lowest BCUT2D eigenvalue weighted by Gasteiger charge is -2.08. The van der Waals surface area contributed by atoms with Gasteiger partial charge >= 0.3 is 11.9 Å². The summed E-state index contributed by atoms with van der Waals surface area (Å²) in [5, 5.41) is 17.9. The van der Waals surface area contributed by atoms with E-state index in [0.29, 0.717) is 0 Å². The molecule has 0 bridgehead atoms. The molecule has 0 aromatic carbocycles. The Morgan fingerprint density at radius 2 is 2.07 bits per heavy atom. The molecule has 15 heavy (non-hydrogen) atoms. The Kier molecular flexibility index (Phi) is 5.33. The fourth-order valence-corrected chi connectivity index (χ4v) is 0.753. The first-order chi connectivity index (χ1) is 6.90. The molecule has 0 spiro atoms. The van der Waals surface area contributed by atoms with Crippen LogP contribution in [0.3, 0.4) is 0 Å². The molecule has 5 nitrogen and oxygen atoms in total. The van der Waals surface area contributed by atoms with Crippen molar-refractivity contribution in [1.82, 2.24) is 0 Å². The van der Waals surface area contributed by atoms with Gasteiger partial charge in [0, 0.05) is 5.57 Å². The molecule has 0 saturated heterocycles. The van der Waals surface area contributed by atoms with Gasteiger partial charge in [-0.05, 0) is 19.9 Å². The van der Waals surface area contributed by atoms with Gasteiger partial charge in [0.1, 0.15) is 6.10 Å². The van der Waals surface area contributed by atoms with Crippen LogP contribution in [0.2, 0.25) is 0 Å². The molecular weight excluding hydrogens is 200 g/mol. The average Bonchev–Trinajstić information content (AvgIpc) is 2.16. The van der Waals surface area contributed by atoms with Crippen LogP contribution in [0, 0.1) is 0 Å². The molecule has 1 unspecified atom stereocenters. The van der Waals surface area contributed by atoms with Crippen LogP contribution in [-0.4, -0.2) is 34.9 Å². The molecule has 0 heterocycles. The molecule has 0 aromatic heterocycles. The van der Waals surface area contributed by atoms with Gasteiger partial charge in [0.2, 0.25) is 0 Å². The molecule has 0 aromatic rings. The Bertz CT molecular complexity index is 303. The van der Waals surface area contributed by atoms with Crippen molar-refractivity contribution >= 4 is 11.9 Å². The van der Waals surface area contributed by atoms with E-state index in [2.05, 4.69) is 11.3 Å². The highest BCUT2D eigenvalue weighted by atomic mass is 16.5. The second kappa shape index (κ2) is 5.98. The molecule has 0 aliphatic carbocycles. The van der Waals surface area contributed by atoms with E-state index < -0.39 is 18.0 Å². The Hall–Kier alpha value is -1.62.